The molecule has 98 valence electrons. The Morgan fingerprint density at radius 1 is 1.17 bits per heavy atom. The molecule has 0 aliphatic carbocycles. The van der Waals surface area contributed by atoms with E-state index in [2.05, 4.69) is 10.1 Å². The molecule has 0 saturated heterocycles. The van der Waals surface area contributed by atoms with Gasteiger partial charge in [0.05, 0.1) is 5.69 Å². The van der Waals surface area contributed by atoms with Gasteiger partial charge in [-0.05, 0) is 0 Å². The van der Waals surface area contributed by atoms with E-state index >= 15 is 0 Å². The first-order valence-electron chi connectivity index (χ1n) is 5.33. The van der Waals surface area contributed by atoms with Crippen LogP contribution < -0.4 is 5.73 Å². The van der Waals surface area contributed by atoms with Gasteiger partial charge in [-0.3, -0.25) is 0 Å². The Morgan fingerprint density at radius 3 is 2.28 bits per heavy atom. The van der Waals surface area contributed by atoms with Gasteiger partial charge in [0, 0.05) is 17.5 Å². The van der Waals surface area contributed by atoms with Gasteiger partial charge in [0.1, 0.15) is 5.82 Å². The van der Waals surface area contributed by atoms with E-state index in [9.17, 15) is 13.2 Å². The highest BCUT2D eigenvalue weighted by Gasteiger charge is 2.35. The molecule has 0 aliphatic heterocycles. The molecule has 7 heteroatoms. The minimum atomic E-state index is -4.52. The van der Waals surface area contributed by atoms with Crippen LogP contribution in [-0.4, -0.2) is 14.6 Å². The van der Waals surface area contributed by atoms with Gasteiger partial charge < -0.3 is 5.73 Å². The highest BCUT2D eigenvalue weighted by Crippen LogP contribution is 2.31. The molecule has 0 atom stereocenters. The number of hydrogen-bond donors (Lipinski definition) is 1. The summed E-state index contributed by atoms with van der Waals surface area (Å²) in [5, 5.41) is 3.97. The molecule has 0 spiro atoms. The second kappa shape index (κ2) is 3.60. The lowest BCUT2D eigenvalue weighted by molar-refractivity contribution is -0.142. The number of alkyl halides is 3. The van der Waals surface area contributed by atoms with Gasteiger partial charge in [0.2, 0.25) is 0 Å². The first-order valence-corrected chi connectivity index (χ1v) is 5.33. The summed E-state index contributed by atoms with van der Waals surface area (Å²) in [5.74, 6) is -0.171. The number of halogens is 3. The molecule has 4 nitrogen and oxygen atoms in total. The first kappa shape index (κ1) is 12.7. The summed E-state index contributed by atoms with van der Waals surface area (Å²) >= 11 is 0. The van der Waals surface area contributed by atoms with E-state index in [-0.39, 0.29) is 16.9 Å². The number of nitrogens with two attached hydrogens (primary N) is 1. The maximum Gasteiger partial charge on any atom is 0.433 e. The first-order chi connectivity index (χ1) is 8.09. The Morgan fingerprint density at radius 2 is 1.78 bits per heavy atom. The van der Waals surface area contributed by atoms with Crippen molar-refractivity contribution in [1.82, 2.24) is 14.6 Å². The van der Waals surface area contributed by atoms with Crippen molar-refractivity contribution in [3.05, 3.63) is 23.5 Å². The topological polar surface area (TPSA) is 56.2 Å². The molecule has 0 saturated carbocycles. The maximum atomic E-state index is 12.9. The fraction of sp³-hybridized carbons (Fsp3) is 0.455. The number of nitrogen functional groups attached to an aromatic ring is 1. The molecule has 2 N–H and O–H groups in total. The number of hydrogen-bond acceptors (Lipinski definition) is 3. The van der Waals surface area contributed by atoms with Crippen LogP contribution in [0.2, 0.25) is 0 Å². The van der Waals surface area contributed by atoms with Gasteiger partial charge in [-0.2, -0.15) is 18.3 Å². The van der Waals surface area contributed by atoms with Crippen molar-refractivity contribution in [2.24, 2.45) is 0 Å². The molecule has 0 aliphatic rings. The van der Waals surface area contributed by atoms with E-state index in [0.717, 1.165) is 10.6 Å². The van der Waals surface area contributed by atoms with Crippen molar-refractivity contribution >= 4 is 11.5 Å². The Hall–Kier alpha value is -1.79. The van der Waals surface area contributed by atoms with Crippen LogP contribution in [0.4, 0.5) is 19.0 Å². The van der Waals surface area contributed by atoms with E-state index in [1.54, 1.807) is 0 Å². The molecule has 0 unspecified atom stereocenters. The third kappa shape index (κ3) is 2.12. The summed E-state index contributed by atoms with van der Waals surface area (Å²) in [6, 6.07) is 2.30. The van der Waals surface area contributed by atoms with Crippen molar-refractivity contribution in [3.63, 3.8) is 0 Å². The van der Waals surface area contributed by atoms with E-state index < -0.39 is 11.9 Å². The Bertz CT molecular complexity index is 593. The molecule has 2 aromatic heterocycles. The summed E-state index contributed by atoms with van der Waals surface area (Å²) in [6.45, 7) is 5.60. The summed E-state index contributed by atoms with van der Waals surface area (Å²) in [7, 11) is 0. The van der Waals surface area contributed by atoms with Gasteiger partial charge >= 0.3 is 6.18 Å². The zero-order valence-electron chi connectivity index (χ0n) is 10.2. The van der Waals surface area contributed by atoms with Crippen LogP contribution in [0.3, 0.4) is 0 Å². The standard InChI is InChI=1S/C11H13F3N4/c1-10(2,3)6-4-9-16-8(15)5-7(11(12,13)14)18(9)17-6/h4-5H,1-3H3,(H2,15,16). The fourth-order valence-corrected chi connectivity index (χ4v) is 1.56. The Balaban J connectivity index is 2.76. The Kier molecular flexibility index (Phi) is 2.53. The maximum absolute atomic E-state index is 12.9. The van der Waals surface area contributed by atoms with Crippen molar-refractivity contribution < 1.29 is 13.2 Å². The molecular weight excluding hydrogens is 245 g/mol. The molecule has 0 fully saturated rings. The lowest BCUT2D eigenvalue weighted by atomic mass is 9.93. The van der Waals surface area contributed by atoms with Gasteiger partial charge in [-0.25, -0.2) is 9.50 Å². The number of fused-ring (bicyclic) bond motifs is 1. The molecule has 0 amide bonds. The average Bonchev–Trinajstić information content (AvgIpc) is 2.57. The smallest absolute Gasteiger partial charge is 0.384 e. The van der Waals surface area contributed by atoms with Gasteiger partial charge in [0.15, 0.2) is 11.3 Å². The van der Waals surface area contributed by atoms with Crippen LogP contribution in [0, 0.1) is 0 Å². The lowest BCUT2D eigenvalue weighted by Gasteiger charge is -2.14. The summed E-state index contributed by atoms with van der Waals surface area (Å²) in [4.78, 5) is 3.86. The summed E-state index contributed by atoms with van der Waals surface area (Å²) in [5.41, 5.74) is 4.75. The van der Waals surface area contributed by atoms with Gasteiger partial charge in [-0.15, -0.1) is 0 Å². The molecule has 0 aromatic carbocycles. The third-order valence-corrected chi connectivity index (χ3v) is 2.51. The summed E-state index contributed by atoms with van der Waals surface area (Å²) in [6.07, 6.45) is -4.52. The number of anilines is 1. The van der Waals surface area contributed by atoms with E-state index in [4.69, 9.17) is 5.73 Å². The molecular formula is C11H13F3N4. The molecule has 18 heavy (non-hydrogen) atoms. The third-order valence-electron chi connectivity index (χ3n) is 2.51. The van der Waals surface area contributed by atoms with Crippen molar-refractivity contribution in [3.8, 4) is 0 Å². The molecule has 2 heterocycles. The second-order valence-electron chi connectivity index (χ2n) is 5.11. The van der Waals surface area contributed by atoms with Crippen LogP contribution in [0.5, 0.6) is 0 Å². The van der Waals surface area contributed by atoms with E-state index in [1.807, 2.05) is 20.8 Å². The molecule has 2 rings (SSSR count). The van der Waals surface area contributed by atoms with Crippen LogP contribution in [0.15, 0.2) is 12.1 Å². The van der Waals surface area contributed by atoms with E-state index in [0.29, 0.717) is 5.69 Å². The SMILES string of the molecule is CC(C)(C)c1cc2nc(N)cc(C(F)(F)F)n2n1. The predicted octanol–water partition coefficient (Wildman–Crippen LogP) is 2.63. The van der Waals surface area contributed by atoms with Crippen molar-refractivity contribution in [1.29, 1.82) is 0 Å². The fourth-order valence-electron chi connectivity index (χ4n) is 1.56. The highest BCUT2D eigenvalue weighted by molar-refractivity contribution is 5.48. The van der Waals surface area contributed by atoms with Gasteiger partial charge in [-0.1, -0.05) is 20.8 Å². The predicted molar refractivity (Wildman–Crippen MR) is 61.1 cm³/mol. The number of nitrogens with zero attached hydrogens (tertiary/aromatic N) is 3. The lowest BCUT2D eigenvalue weighted by Crippen LogP contribution is -2.16. The number of aromatic nitrogens is 3. The van der Waals surface area contributed by atoms with Crippen LogP contribution in [-0.2, 0) is 11.6 Å². The largest absolute Gasteiger partial charge is 0.433 e. The van der Waals surface area contributed by atoms with E-state index in [1.165, 1.54) is 6.07 Å². The molecule has 0 bridgehead atoms. The zero-order chi connectivity index (χ0) is 13.7. The number of rotatable bonds is 0. The monoisotopic (exact) mass is 258 g/mol. The van der Waals surface area contributed by atoms with Crippen molar-refractivity contribution in [2.45, 2.75) is 32.4 Å². The minimum Gasteiger partial charge on any atom is -0.384 e. The highest BCUT2D eigenvalue weighted by atomic mass is 19.4. The normalized spacial score (nSPS) is 13.2. The Labute approximate surface area is 102 Å². The van der Waals surface area contributed by atoms with Gasteiger partial charge in [0.25, 0.3) is 0 Å². The molecule has 2 aromatic rings. The average molecular weight is 258 g/mol. The van der Waals surface area contributed by atoms with Crippen LogP contribution in [0.25, 0.3) is 5.65 Å². The van der Waals surface area contributed by atoms with Crippen molar-refractivity contribution in [2.75, 3.05) is 5.73 Å². The summed E-state index contributed by atoms with van der Waals surface area (Å²) < 4.78 is 39.4. The minimum absolute atomic E-state index is 0.104. The van der Waals surface area contributed by atoms with Crippen LogP contribution >= 0.6 is 0 Å². The quantitative estimate of drug-likeness (QED) is 0.790. The zero-order valence-corrected chi connectivity index (χ0v) is 10.2. The molecule has 0 radical (unpaired) electrons. The van der Waals surface area contributed by atoms with Crippen LogP contribution in [0.1, 0.15) is 32.2 Å². The second-order valence-corrected chi connectivity index (χ2v) is 5.11.